The second-order valence-electron chi connectivity index (χ2n) is 6.37. The van der Waals surface area contributed by atoms with Crippen molar-refractivity contribution in [3.05, 3.63) is 0 Å². The van der Waals surface area contributed by atoms with Gasteiger partial charge in [-0.1, -0.05) is 0 Å². The van der Waals surface area contributed by atoms with E-state index in [-0.39, 0.29) is 112 Å². The summed E-state index contributed by atoms with van der Waals surface area (Å²) in [6, 6.07) is 0. The number of hydrogen-bond donors (Lipinski definition) is 1. The Balaban J connectivity index is 3.82. The van der Waals surface area contributed by atoms with E-state index in [9.17, 15) is 28.8 Å². The first kappa shape index (κ1) is 24.0. The summed E-state index contributed by atoms with van der Waals surface area (Å²) in [6.07, 6.45) is 0.814. The zero-order valence-corrected chi connectivity index (χ0v) is 15.4. The molecule has 0 rings (SSSR count). The Kier molecular flexibility index (Phi) is 13.1. The highest BCUT2D eigenvalue weighted by atomic mass is 16.3. The van der Waals surface area contributed by atoms with Gasteiger partial charge in [-0.25, -0.2) is 0 Å². The molecule has 1 N–H and O–H groups in total. The third-order valence-corrected chi connectivity index (χ3v) is 3.88. The molecular formula is C19H28O7. The summed E-state index contributed by atoms with van der Waals surface area (Å²) in [5.41, 5.74) is 0. The molecule has 0 saturated heterocycles. The number of hydrogen-bond acceptors (Lipinski definition) is 7. The largest absolute Gasteiger partial charge is 0.396 e. The molecule has 0 aliphatic heterocycles. The average molecular weight is 368 g/mol. The normalized spacial score (nSPS) is 10.4. The fourth-order valence-corrected chi connectivity index (χ4v) is 2.18. The van der Waals surface area contributed by atoms with Crippen LogP contribution in [0.15, 0.2) is 0 Å². The van der Waals surface area contributed by atoms with Crippen LogP contribution >= 0.6 is 0 Å². The van der Waals surface area contributed by atoms with Crippen molar-refractivity contribution in [2.75, 3.05) is 6.61 Å². The lowest BCUT2D eigenvalue weighted by atomic mass is 10.0. The van der Waals surface area contributed by atoms with Gasteiger partial charge in [-0.3, -0.25) is 24.0 Å². The van der Waals surface area contributed by atoms with E-state index < -0.39 is 0 Å². The van der Waals surface area contributed by atoms with Crippen molar-refractivity contribution in [3.63, 3.8) is 0 Å². The summed E-state index contributed by atoms with van der Waals surface area (Å²) in [4.78, 5) is 68.4. The van der Waals surface area contributed by atoms with Crippen molar-refractivity contribution < 1.29 is 33.9 Å². The highest BCUT2D eigenvalue weighted by Gasteiger charge is 2.12. The third kappa shape index (κ3) is 14.3. The van der Waals surface area contributed by atoms with E-state index in [0.29, 0.717) is 0 Å². The minimum absolute atomic E-state index is 0.0333. The molecule has 7 heteroatoms. The van der Waals surface area contributed by atoms with E-state index in [2.05, 4.69) is 0 Å². The van der Waals surface area contributed by atoms with Crippen LogP contribution in [0.25, 0.3) is 0 Å². The number of aliphatic hydroxyl groups excluding tert-OH is 1. The van der Waals surface area contributed by atoms with Gasteiger partial charge in [-0.2, -0.15) is 0 Å². The molecule has 0 bridgehead atoms. The molecule has 0 aromatic heterocycles. The Labute approximate surface area is 153 Å². The number of aliphatic hydroxyl groups is 1. The van der Waals surface area contributed by atoms with Gasteiger partial charge in [0.25, 0.3) is 0 Å². The van der Waals surface area contributed by atoms with E-state index in [4.69, 9.17) is 5.11 Å². The molecule has 0 aliphatic rings. The van der Waals surface area contributed by atoms with Crippen LogP contribution in [0.4, 0.5) is 0 Å². The molecule has 7 nitrogen and oxygen atoms in total. The second kappa shape index (κ2) is 14.2. The quantitative estimate of drug-likeness (QED) is 0.414. The van der Waals surface area contributed by atoms with Crippen molar-refractivity contribution in [1.82, 2.24) is 0 Å². The highest BCUT2D eigenvalue weighted by Crippen LogP contribution is 2.07. The lowest BCUT2D eigenvalue weighted by Crippen LogP contribution is -2.10. The van der Waals surface area contributed by atoms with Gasteiger partial charge in [0.05, 0.1) is 0 Å². The third-order valence-electron chi connectivity index (χ3n) is 3.88. The molecule has 0 aromatic carbocycles. The van der Waals surface area contributed by atoms with Crippen LogP contribution in [0.3, 0.4) is 0 Å². The number of carbonyl (C=O) groups excluding carboxylic acids is 6. The molecule has 26 heavy (non-hydrogen) atoms. The second-order valence-corrected chi connectivity index (χ2v) is 6.37. The summed E-state index contributed by atoms with van der Waals surface area (Å²) >= 11 is 0. The van der Waals surface area contributed by atoms with E-state index in [1.54, 1.807) is 0 Å². The van der Waals surface area contributed by atoms with Crippen LogP contribution in [-0.2, 0) is 28.8 Å². The van der Waals surface area contributed by atoms with E-state index in [1.807, 2.05) is 0 Å². The average Bonchev–Trinajstić information content (AvgIpc) is 2.59. The summed E-state index contributed by atoms with van der Waals surface area (Å²) in [5.74, 6) is -0.960. The van der Waals surface area contributed by atoms with E-state index in [1.165, 1.54) is 6.92 Å². The minimum atomic E-state index is -0.234. The molecule has 0 unspecified atom stereocenters. The molecule has 0 amide bonds. The number of ketones is 6. The van der Waals surface area contributed by atoms with Gasteiger partial charge >= 0.3 is 0 Å². The molecule has 0 heterocycles. The molecule has 0 atom stereocenters. The van der Waals surface area contributed by atoms with Crippen LogP contribution in [0.1, 0.15) is 77.6 Å². The Morgan fingerprint density at radius 1 is 0.462 bits per heavy atom. The molecule has 146 valence electrons. The van der Waals surface area contributed by atoms with Crippen LogP contribution in [0.2, 0.25) is 0 Å². The van der Waals surface area contributed by atoms with Crippen LogP contribution in [-0.4, -0.2) is 46.4 Å². The van der Waals surface area contributed by atoms with Gasteiger partial charge in [0.15, 0.2) is 0 Å². The fourth-order valence-electron chi connectivity index (χ4n) is 2.18. The van der Waals surface area contributed by atoms with Crippen molar-refractivity contribution in [3.8, 4) is 0 Å². The SMILES string of the molecule is CC(=O)CCC(=O)CCC(=O)CCC(=O)CCC(=O)CCC(=O)CCO. The van der Waals surface area contributed by atoms with E-state index >= 15 is 0 Å². The Bertz CT molecular complexity index is 534. The Hall–Kier alpha value is -2.02. The predicted octanol–water partition coefficient (Wildman–Crippen LogP) is 1.70. The lowest BCUT2D eigenvalue weighted by Gasteiger charge is -2.02. The first-order chi connectivity index (χ1) is 12.2. The molecular weight excluding hydrogens is 340 g/mol. The maximum absolute atomic E-state index is 11.7. The van der Waals surface area contributed by atoms with Gasteiger partial charge in [0, 0.05) is 77.2 Å². The molecule has 0 spiro atoms. The highest BCUT2D eigenvalue weighted by molar-refractivity contribution is 5.92. The zero-order chi connectivity index (χ0) is 19.9. The predicted molar refractivity (Wildman–Crippen MR) is 93.6 cm³/mol. The summed E-state index contributed by atoms with van der Waals surface area (Å²) in [6.45, 7) is 1.17. The zero-order valence-electron chi connectivity index (χ0n) is 15.4. The lowest BCUT2D eigenvalue weighted by molar-refractivity contribution is -0.127. The van der Waals surface area contributed by atoms with Crippen molar-refractivity contribution in [2.45, 2.75) is 77.6 Å². The smallest absolute Gasteiger partial charge is 0.135 e. The maximum atomic E-state index is 11.7. The van der Waals surface area contributed by atoms with Crippen LogP contribution in [0, 0.1) is 0 Å². The number of carbonyl (C=O) groups is 6. The van der Waals surface area contributed by atoms with Crippen LogP contribution < -0.4 is 0 Å². The molecule has 0 fully saturated rings. The van der Waals surface area contributed by atoms with Gasteiger partial charge in [0.1, 0.15) is 34.7 Å². The molecule has 0 saturated carbocycles. The summed E-state index contributed by atoms with van der Waals surface area (Å²) in [5, 5.41) is 8.59. The number of Topliss-reactive ketones (excluding diaryl/α,β-unsaturated/α-hetero) is 6. The van der Waals surface area contributed by atoms with Crippen molar-refractivity contribution in [1.29, 1.82) is 0 Å². The fraction of sp³-hybridized carbons (Fsp3) is 0.684. The molecule has 0 aromatic rings. The van der Waals surface area contributed by atoms with Gasteiger partial charge in [0.2, 0.25) is 0 Å². The molecule has 0 radical (unpaired) electrons. The Morgan fingerprint density at radius 2 is 0.692 bits per heavy atom. The van der Waals surface area contributed by atoms with Crippen molar-refractivity contribution >= 4 is 34.7 Å². The monoisotopic (exact) mass is 368 g/mol. The first-order valence-corrected chi connectivity index (χ1v) is 8.93. The molecule has 0 aliphatic carbocycles. The Morgan fingerprint density at radius 3 is 0.923 bits per heavy atom. The van der Waals surface area contributed by atoms with Crippen molar-refractivity contribution in [2.24, 2.45) is 0 Å². The minimum Gasteiger partial charge on any atom is -0.396 e. The summed E-state index contributed by atoms with van der Waals surface area (Å²) in [7, 11) is 0. The topological polar surface area (TPSA) is 123 Å². The first-order valence-electron chi connectivity index (χ1n) is 8.93. The van der Waals surface area contributed by atoms with Crippen LogP contribution in [0.5, 0.6) is 0 Å². The standard InChI is InChI=1S/C19H28O7/c1-14(21)2-3-15(22)4-5-16(23)6-7-17(24)8-9-18(25)10-11-19(26)12-13-20/h20H,2-13H2,1H3. The van der Waals surface area contributed by atoms with Gasteiger partial charge in [-0.05, 0) is 6.92 Å². The maximum Gasteiger partial charge on any atom is 0.135 e. The van der Waals surface area contributed by atoms with E-state index in [0.717, 1.165) is 0 Å². The number of rotatable bonds is 17. The summed E-state index contributed by atoms with van der Waals surface area (Å²) < 4.78 is 0. The van der Waals surface area contributed by atoms with Gasteiger partial charge in [-0.15, -0.1) is 0 Å². The van der Waals surface area contributed by atoms with Gasteiger partial charge < -0.3 is 9.90 Å².